The minimum atomic E-state index is -0.198. The van der Waals surface area contributed by atoms with Crippen molar-refractivity contribution >= 4 is 79.0 Å². The molecule has 0 saturated carbocycles. The molecule has 0 saturated heterocycles. The van der Waals surface area contributed by atoms with Crippen LogP contribution in [0, 0.1) is 24.5 Å². The van der Waals surface area contributed by atoms with Gasteiger partial charge in [-0.15, -0.1) is 35.7 Å². The molecule has 0 spiro atoms. The van der Waals surface area contributed by atoms with Crippen molar-refractivity contribution < 1.29 is 58.8 Å². The first-order valence-corrected chi connectivity index (χ1v) is 29.9. The van der Waals surface area contributed by atoms with Crippen molar-refractivity contribution in [3.05, 3.63) is 242 Å². The fraction of sp³-hybridized carbons (Fsp3) is 0.0519. The number of aromatic nitrogens is 3. The molecule has 0 N–H and O–H groups in total. The van der Waals surface area contributed by atoms with Crippen LogP contribution >= 0.6 is 0 Å². The predicted octanol–water partition coefficient (Wildman–Crippen LogP) is 14.3. The van der Waals surface area contributed by atoms with Gasteiger partial charge >= 0.3 is 21.1 Å². The molecule has 10 nitrogen and oxygen atoms in total. The van der Waals surface area contributed by atoms with Gasteiger partial charge in [0, 0.05) is 60.9 Å². The molecule has 12 aromatic carbocycles. The van der Waals surface area contributed by atoms with E-state index in [0.29, 0.717) is 23.0 Å². The maximum Gasteiger partial charge on any atom is 4.00 e. The van der Waals surface area contributed by atoms with E-state index in [-0.39, 0.29) is 39.9 Å². The van der Waals surface area contributed by atoms with Crippen LogP contribution in [0.4, 0.5) is 0 Å². The van der Waals surface area contributed by atoms with E-state index in [4.69, 9.17) is 33.2 Å². The van der Waals surface area contributed by atoms with E-state index in [2.05, 4.69) is 168 Å². The van der Waals surface area contributed by atoms with Gasteiger partial charge in [0.2, 0.25) is 0 Å². The van der Waals surface area contributed by atoms with Crippen LogP contribution in [-0.2, 0) is 26.5 Å². The van der Waals surface area contributed by atoms with Crippen LogP contribution in [-0.4, -0.2) is 22.6 Å². The van der Waals surface area contributed by atoms with Gasteiger partial charge in [0.25, 0.3) is 19.8 Å². The molecule has 0 radical (unpaired) electrons. The third kappa shape index (κ3) is 7.19. The van der Waals surface area contributed by atoms with Crippen LogP contribution in [0.1, 0.15) is 26.3 Å². The Hall–Kier alpha value is -10.7. The average molecular weight is 1340 g/mol. The van der Waals surface area contributed by atoms with Gasteiger partial charge in [0.1, 0.15) is 69.0 Å². The third-order valence-corrected chi connectivity index (χ3v) is 18.5. The molecule has 0 amide bonds. The van der Waals surface area contributed by atoms with E-state index in [1.54, 1.807) is 0 Å². The number of para-hydroxylation sites is 4. The summed E-state index contributed by atoms with van der Waals surface area (Å²) in [5.41, 5.74) is 16.8. The van der Waals surface area contributed by atoms with E-state index < -0.39 is 0 Å². The standard InChI is InChI=1S/C77H44B2N3O7.Pt/c1-77(2,3)43-15-8-17-45(39-43)82-54-22-5-4-19-48(54)49-34-33-47(41-57(49)82)83-46-18-9-16-44(40-46)80-42-81(56-24-7-6-23-55(56)80)74-50(52-35-37-66-72-75(52)88-64-31-13-29-62-70(64)78(72)68-58(84-62)25-11-27-60(68)86-66)20-10-21-51(74)53-36-38-67-73-76(53)89-65-32-14-30-63-71(65)79(73)69-59(85-63)26-12-28-61(69)87-67;/h4-16,18-39H,1-3H3;/q-3;+4. The van der Waals surface area contributed by atoms with E-state index in [1.807, 2.05) is 103 Å². The van der Waals surface area contributed by atoms with Crippen LogP contribution in [0.15, 0.2) is 212 Å². The SMILES string of the molecule is CC(C)(C)c1cc[c-]c(-n2c3[c-]c(Oc4[c-]c(-n5[c-][n+](-c6c(-c7ccc8c9c7Oc7cccc%10c7B9c7c(cccc7O8)O%10)cccc6-c6ccc7c8c6Oc6cccc9c6B8c6c(cccc6O7)O9)c6ccccc65)ccc4)ccc3c3ccccc32)c1.[Pt+4]. The van der Waals surface area contributed by atoms with Crippen molar-refractivity contribution in [2.75, 3.05) is 0 Å². The Labute approximate surface area is 532 Å². The maximum atomic E-state index is 7.25. The molecule has 6 aliphatic rings. The molecule has 14 aromatic rings. The van der Waals surface area contributed by atoms with Crippen molar-refractivity contribution in [1.82, 2.24) is 9.13 Å². The Morgan fingerprint density at radius 3 is 1.50 bits per heavy atom. The molecule has 8 heterocycles. The summed E-state index contributed by atoms with van der Waals surface area (Å²) in [7, 11) is 0. The minimum absolute atomic E-state index is 0. The summed E-state index contributed by atoms with van der Waals surface area (Å²) in [6.07, 6.45) is 3.91. The van der Waals surface area contributed by atoms with Gasteiger partial charge in [0.15, 0.2) is 0 Å². The van der Waals surface area contributed by atoms with Gasteiger partial charge in [-0.2, -0.15) is 42.0 Å². The van der Waals surface area contributed by atoms with Crippen molar-refractivity contribution in [2.45, 2.75) is 26.2 Å². The fourth-order valence-corrected chi connectivity index (χ4v) is 14.6. The Bertz CT molecular complexity index is 5280. The Morgan fingerprint density at radius 1 is 0.422 bits per heavy atom. The van der Waals surface area contributed by atoms with Crippen LogP contribution < -0.4 is 70.5 Å². The summed E-state index contributed by atoms with van der Waals surface area (Å²) < 4.78 is 54.6. The molecule has 2 aromatic heterocycles. The molecular weight excluding hydrogens is 1300 g/mol. The summed E-state index contributed by atoms with van der Waals surface area (Å²) >= 11 is 0. The monoisotopic (exact) mass is 1340 g/mol. The van der Waals surface area contributed by atoms with Crippen LogP contribution in [0.5, 0.6) is 80.5 Å². The summed E-state index contributed by atoms with van der Waals surface area (Å²) in [6, 6.07) is 83.3. The topological polar surface area (TPSA) is 78.4 Å². The number of ether oxygens (including phenoxy) is 7. The second-order valence-electron chi connectivity index (χ2n) is 24.5. The van der Waals surface area contributed by atoms with E-state index in [1.165, 1.54) is 5.56 Å². The van der Waals surface area contributed by atoms with E-state index in [0.717, 1.165) is 162 Å². The molecule has 20 rings (SSSR count). The number of hydrogen-bond acceptors (Lipinski definition) is 7. The zero-order chi connectivity index (χ0) is 58.5. The number of nitrogens with zero attached hydrogens (tertiary/aromatic N) is 3. The quantitative estimate of drug-likeness (QED) is 0.0894. The van der Waals surface area contributed by atoms with Gasteiger partial charge in [-0.1, -0.05) is 117 Å². The smallest absolute Gasteiger partial charge is 0.510 e. The first-order valence-electron chi connectivity index (χ1n) is 29.9. The summed E-state index contributed by atoms with van der Waals surface area (Å²) in [5, 5.41) is 2.20. The molecule has 0 atom stereocenters. The molecule has 0 unspecified atom stereocenters. The number of benzene rings is 12. The average Bonchev–Trinajstić information content (AvgIpc) is 0.923. The molecular formula is C77H44B2N3O7Pt+. The zero-order valence-electron chi connectivity index (χ0n) is 48.4. The summed E-state index contributed by atoms with van der Waals surface area (Å²) in [6.45, 7) is 6.30. The van der Waals surface area contributed by atoms with Gasteiger partial charge in [-0.25, -0.2) is 0 Å². The molecule has 0 aliphatic carbocycles. The first kappa shape index (κ1) is 51.4. The van der Waals surface area contributed by atoms with Gasteiger partial charge in [-0.3, -0.25) is 4.57 Å². The molecule has 0 fully saturated rings. The fourth-order valence-electron chi connectivity index (χ4n) is 14.6. The second-order valence-corrected chi connectivity index (χ2v) is 24.5. The first-order chi connectivity index (χ1) is 43.7. The number of imidazole rings is 1. The normalized spacial score (nSPS) is 13.5. The van der Waals surface area contributed by atoms with Gasteiger partial charge in [-0.05, 0) is 106 Å². The Kier molecular flexibility index (Phi) is 10.7. The second kappa shape index (κ2) is 18.7. The Balaban J connectivity index is 0.00000583. The van der Waals surface area contributed by atoms with E-state index >= 15 is 0 Å². The van der Waals surface area contributed by atoms with Crippen molar-refractivity contribution in [3.63, 3.8) is 0 Å². The number of rotatable bonds is 7. The van der Waals surface area contributed by atoms with Gasteiger partial charge < -0.3 is 42.3 Å². The summed E-state index contributed by atoms with van der Waals surface area (Å²) in [5.74, 6) is 10.0. The summed E-state index contributed by atoms with van der Waals surface area (Å²) in [4.78, 5) is 0. The van der Waals surface area contributed by atoms with E-state index in [9.17, 15) is 0 Å². The number of fused-ring (bicyclic) bond motifs is 4. The van der Waals surface area contributed by atoms with Crippen molar-refractivity contribution in [3.8, 4) is 120 Å². The molecule has 90 heavy (non-hydrogen) atoms. The molecule has 13 heteroatoms. The van der Waals surface area contributed by atoms with Crippen LogP contribution in [0.25, 0.3) is 72.2 Å². The largest absolute Gasteiger partial charge is 4.00 e. The molecule has 424 valence electrons. The maximum absolute atomic E-state index is 7.25. The number of hydrogen-bond donors (Lipinski definition) is 0. The van der Waals surface area contributed by atoms with Crippen molar-refractivity contribution in [2.24, 2.45) is 0 Å². The van der Waals surface area contributed by atoms with Crippen LogP contribution in [0.3, 0.4) is 0 Å². The minimum Gasteiger partial charge on any atom is -0.510 e. The van der Waals surface area contributed by atoms with Crippen LogP contribution in [0.2, 0.25) is 0 Å². The zero-order valence-corrected chi connectivity index (χ0v) is 50.6. The predicted molar refractivity (Wildman–Crippen MR) is 346 cm³/mol. The van der Waals surface area contributed by atoms with Gasteiger partial charge in [0.05, 0.1) is 16.7 Å². The molecule has 0 bridgehead atoms. The Morgan fingerprint density at radius 2 is 0.922 bits per heavy atom. The molecule has 6 aliphatic heterocycles. The third-order valence-electron chi connectivity index (χ3n) is 18.5. The van der Waals surface area contributed by atoms with Crippen molar-refractivity contribution in [1.29, 1.82) is 0 Å².